The molecule has 1 aliphatic rings. The van der Waals surface area contributed by atoms with Gasteiger partial charge in [-0.3, -0.25) is 4.68 Å². The number of fused-ring (bicyclic) bond motifs is 1. The molecule has 1 unspecified atom stereocenters. The fraction of sp³-hybridized carbons (Fsp3) is 0.333. The van der Waals surface area contributed by atoms with Gasteiger partial charge in [0.25, 0.3) is 0 Å². The molecule has 1 aliphatic heterocycles. The quantitative estimate of drug-likeness (QED) is 0.303. The van der Waals surface area contributed by atoms with Crippen LogP contribution in [0.1, 0.15) is 6.92 Å². The summed E-state index contributed by atoms with van der Waals surface area (Å²) in [5.74, 6) is 0.925. The molecule has 4 aromatic heterocycles. The Morgan fingerprint density at radius 2 is 1.97 bits per heavy atom. The number of aromatic nitrogens is 7. The highest BCUT2D eigenvalue weighted by atomic mass is 127. The molecule has 150 valence electrons. The number of anilines is 1. The molecule has 0 bridgehead atoms. The zero-order valence-corrected chi connectivity index (χ0v) is 19.2. The second-order valence-corrected chi connectivity index (χ2v) is 9.00. The van der Waals surface area contributed by atoms with Gasteiger partial charge in [0, 0.05) is 32.1 Å². The molecule has 5 rings (SSSR count). The SMILES string of the molecule is C[C@@H]1COCCN1c1cc(-c2ccnn2C)n2ncc(-c3ccnn3PI)c2n1. The molecule has 0 spiro atoms. The van der Waals surface area contributed by atoms with Crippen LogP contribution in [0.25, 0.3) is 28.3 Å². The van der Waals surface area contributed by atoms with Crippen LogP contribution in [-0.4, -0.2) is 59.7 Å². The third kappa shape index (κ3) is 3.23. The summed E-state index contributed by atoms with van der Waals surface area (Å²) >= 11 is 2.34. The van der Waals surface area contributed by atoms with Crippen molar-refractivity contribution in [1.29, 1.82) is 0 Å². The number of morpholine rings is 1. The van der Waals surface area contributed by atoms with Crippen LogP contribution in [0.3, 0.4) is 0 Å². The number of halogens is 1. The van der Waals surface area contributed by atoms with Gasteiger partial charge >= 0.3 is 0 Å². The molecule has 29 heavy (non-hydrogen) atoms. The minimum Gasteiger partial charge on any atom is -0.377 e. The highest BCUT2D eigenvalue weighted by Crippen LogP contribution is 2.34. The van der Waals surface area contributed by atoms with Crippen molar-refractivity contribution in [2.45, 2.75) is 13.0 Å². The lowest BCUT2D eigenvalue weighted by molar-refractivity contribution is 0.0985. The van der Waals surface area contributed by atoms with Gasteiger partial charge in [-0.05, 0) is 41.1 Å². The molecule has 11 heteroatoms. The lowest BCUT2D eigenvalue weighted by atomic mass is 10.2. The first-order chi connectivity index (χ1) is 14.2. The number of ether oxygens (including phenoxy) is 1. The molecule has 1 fully saturated rings. The van der Waals surface area contributed by atoms with E-state index < -0.39 is 0 Å². The molecular formula is C18H20IN8OP. The normalized spacial score (nSPS) is 17.8. The maximum Gasteiger partial charge on any atom is 0.167 e. The summed E-state index contributed by atoms with van der Waals surface area (Å²) in [6.07, 6.45) is 6.00. The Morgan fingerprint density at radius 3 is 2.72 bits per heavy atom. The van der Waals surface area contributed by atoms with Gasteiger partial charge < -0.3 is 9.64 Å². The molecule has 4 aromatic rings. The Morgan fingerprint density at radius 1 is 1.14 bits per heavy atom. The summed E-state index contributed by atoms with van der Waals surface area (Å²) < 4.78 is 11.4. The van der Waals surface area contributed by atoms with E-state index in [0.717, 1.165) is 40.7 Å². The second-order valence-electron chi connectivity index (χ2n) is 6.96. The minimum atomic E-state index is 0.255. The first-order valence-electron chi connectivity index (χ1n) is 9.30. The van der Waals surface area contributed by atoms with E-state index in [2.05, 4.69) is 55.2 Å². The summed E-state index contributed by atoms with van der Waals surface area (Å²) in [5.41, 5.74) is 4.74. The lowest BCUT2D eigenvalue weighted by Gasteiger charge is -2.34. The van der Waals surface area contributed by atoms with Crippen LogP contribution in [0, 0.1) is 0 Å². The Labute approximate surface area is 182 Å². The molecule has 0 aromatic carbocycles. The molecule has 0 amide bonds. The van der Waals surface area contributed by atoms with Gasteiger partial charge in [-0.2, -0.15) is 15.3 Å². The van der Waals surface area contributed by atoms with Crippen molar-refractivity contribution in [2.75, 3.05) is 24.7 Å². The van der Waals surface area contributed by atoms with Crippen LogP contribution in [0.4, 0.5) is 5.82 Å². The molecule has 0 radical (unpaired) electrons. The van der Waals surface area contributed by atoms with Gasteiger partial charge in [0.1, 0.15) is 5.82 Å². The van der Waals surface area contributed by atoms with E-state index in [4.69, 9.17) is 9.72 Å². The van der Waals surface area contributed by atoms with E-state index in [9.17, 15) is 0 Å². The molecular weight excluding hydrogens is 502 g/mol. The number of nitrogens with zero attached hydrogens (tertiary/aromatic N) is 8. The van der Waals surface area contributed by atoms with Gasteiger partial charge in [0.05, 0.1) is 54.5 Å². The first-order valence-corrected chi connectivity index (χ1v) is 13.4. The molecule has 1 saturated heterocycles. The average molecular weight is 522 g/mol. The van der Waals surface area contributed by atoms with Crippen LogP contribution >= 0.6 is 28.4 Å². The van der Waals surface area contributed by atoms with E-state index in [0.29, 0.717) is 19.6 Å². The fourth-order valence-corrected chi connectivity index (χ4v) is 5.28. The monoisotopic (exact) mass is 522 g/mol. The standard InChI is InChI=1S/C18H20IN8OP/c1-12-11-28-8-7-25(12)17-9-16(15-4-5-20-24(15)2)26-18(23-17)13(10-22-26)14-3-6-21-27(14)29-19/h3-6,9-10,12,29H,7-8,11H2,1-2H3/t12-/m1/s1. The topological polar surface area (TPSA) is 78.3 Å². The number of hydrogen-bond acceptors (Lipinski definition) is 6. The molecule has 0 aliphatic carbocycles. The van der Waals surface area contributed by atoms with Crippen molar-refractivity contribution in [3.63, 3.8) is 0 Å². The van der Waals surface area contributed by atoms with Gasteiger partial charge in [-0.25, -0.2) is 14.0 Å². The smallest absolute Gasteiger partial charge is 0.167 e. The second kappa shape index (κ2) is 7.66. The molecule has 0 N–H and O–H groups in total. The highest BCUT2D eigenvalue weighted by molar-refractivity contribution is 14.2. The van der Waals surface area contributed by atoms with Gasteiger partial charge in [-0.15, -0.1) is 0 Å². The summed E-state index contributed by atoms with van der Waals surface area (Å²) in [6, 6.07) is 6.36. The van der Waals surface area contributed by atoms with Crippen LogP contribution in [0.15, 0.2) is 36.8 Å². The molecule has 0 saturated carbocycles. The van der Waals surface area contributed by atoms with Crippen molar-refractivity contribution in [1.82, 2.24) is 33.9 Å². The Balaban J connectivity index is 1.76. The highest BCUT2D eigenvalue weighted by Gasteiger charge is 2.24. The van der Waals surface area contributed by atoms with Crippen LogP contribution < -0.4 is 4.90 Å². The number of rotatable bonds is 4. The number of hydrogen-bond donors (Lipinski definition) is 0. The summed E-state index contributed by atoms with van der Waals surface area (Å²) in [4.78, 5) is 7.34. The van der Waals surface area contributed by atoms with Crippen LogP contribution in [-0.2, 0) is 11.8 Å². The maximum atomic E-state index is 5.63. The maximum absolute atomic E-state index is 5.63. The van der Waals surface area contributed by atoms with E-state index >= 15 is 0 Å². The fourth-order valence-electron chi connectivity index (χ4n) is 3.73. The molecule has 9 nitrogen and oxygen atoms in total. The zero-order chi connectivity index (χ0) is 20.0. The van der Waals surface area contributed by atoms with Crippen molar-refractivity contribution in [3.05, 3.63) is 36.8 Å². The number of aryl methyl sites for hydroxylation is 1. The van der Waals surface area contributed by atoms with Gasteiger partial charge in [0.15, 0.2) is 5.65 Å². The van der Waals surface area contributed by atoms with Crippen molar-refractivity contribution < 1.29 is 4.74 Å². The summed E-state index contributed by atoms with van der Waals surface area (Å²) in [6.45, 7) is 4.37. The predicted octanol–water partition coefficient (Wildman–Crippen LogP) is 3.01. The van der Waals surface area contributed by atoms with Crippen molar-refractivity contribution >= 4 is 39.9 Å². The van der Waals surface area contributed by atoms with Gasteiger partial charge in [0.2, 0.25) is 0 Å². The van der Waals surface area contributed by atoms with E-state index in [-0.39, 0.29) is 6.04 Å². The summed E-state index contributed by atoms with van der Waals surface area (Å²) in [7, 11) is 1.94. The third-order valence-electron chi connectivity index (χ3n) is 5.20. The van der Waals surface area contributed by atoms with Crippen LogP contribution in [0.5, 0.6) is 0 Å². The Bertz CT molecular complexity index is 1170. The third-order valence-corrected chi connectivity index (χ3v) is 7.09. The Kier molecular flexibility index (Phi) is 5.00. The predicted molar refractivity (Wildman–Crippen MR) is 122 cm³/mol. The molecule has 2 atom stereocenters. The van der Waals surface area contributed by atoms with Gasteiger partial charge in [-0.1, -0.05) is 0 Å². The van der Waals surface area contributed by atoms with Crippen molar-refractivity contribution in [3.8, 4) is 22.6 Å². The summed E-state index contributed by atoms with van der Waals surface area (Å²) in [5, 5.41) is 13.5. The van der Waals surface area contributed by atoms with E-state index in [1.165, 1.54) is 0 Å². The minimum absolute atomic E-state index is 0.255. The van der Waals surface area contributed by atoms with Crippen molar-refractivity contribution in [2.24, 2.45) is 7.05 Å². The van der Waals surface area contributed by atoms with E-state index in [1.807, 2.05) is 45.2 Å². The van der Waals surface area contributed by atoms with E-state index in [1.54, 1.807) is 6.20 Å². The van der Waals surface area contributed by atoms with Crippen LogP contribution in [0.2, 0.25) is 0 Å². The lowest BCUT2D eigenvalue weighted by Crippen LogP contribution is -2.44. The Hall–Kier alpha value is -2.04. The largest absolute Gasteiger partial charge is 0.377 e. The average Bonchev–Trinajstić information content (AvgIpc) is 3.46. The molecule has 5 heterocycles. The zero-order valence-electron chi connectivity index (χ0n) is 16.0. The first kappa shape index (κ1) is 19.0.